The quantitative estimate of drug-likeness (QED) is 0.915. The van der Waals surface area contributed by atoms with E-state index < -0.39 is 0 Å². The van der Waals surface area contributed by atoms with Crippen molar-refractivity contribution in [3.05, 3.63) is 40.9 Å². The van der Waals surface area contributed by atoms with Crippen LogP contribution < -0.4 is 5.73 Å². The Labute approximate surface area is 142 Å². The van der Waals surface area contributed by atoms with E-state index in [1.165, 1.54) is 11.1 Å². The van der Waals surface area contributed by atoms with E-state index >= 15 is 0 Å². The second kappa shape index (κ2) is 7.53. The van der Waals surface area contributed by atoms with E-state index in [2.05, 4.69) is 41.5 Å². The largest absolute Gasteiger partial charge is 0.381 e. The molecule has 0 spiro atoms. The molecule has 2 unspecified atom stereocenters. The Morgan fingerprint density at radius 2 is 2.13 bits per heavy atom. The van der Waals surface area contributed by atoms with Gasteiger partial charge in [-0.25, -0.2) is 4.98 Å². The molecule has 1 aromatic carbocycles. The van der Waals surface area contributed by atoms with Crippen LogP contribution in [0.5, 0.6) is 0 Å². The number of rotatable bonds is 5. The van der Waals surface area contributed by atoms with E-state index in [9.17, 15) is 0 Å². The van der Waals surface area contributed by atoms with Gasteiger partial charge < -0.3 is 10.5 Å². The van der Waals surface area contributed by atoms with Gasteiger partial charge in [-0.1, -0.05) is 29.8 Å². The Morgan fingerprint density at radius 1 is 1.35 bits per heavy atom. The number of nitrogens with zero attached hydrogens (tertiary/aromatic N) is 2. The number of methoxy groups -OCH3 is 1. The number of benzene rings is 1. The highest BCUT2D eigenvalue weighted by atomic mass is 32.1. The molecule has 5 heteroatoms. The van der Waals surface area contributed by atoms with Gasteiger partial charge in [-0.3, -0.25) is 4.90 Å². The van der Waals surface area contributed by atoms with Crippen LogP contribution in [0.1, 0.15) is 24.1 Å². The normalized spacial score (nSPS) is 22.4. The van der Waals surface area contributed by atoms with Gasteiger partial charge in [0.15, 0.2) is 0 Å². The monoisotopic (exact) mass is 331 g/mol. The highest BCUT2D eigenvalue weighted by Gasteiger charge is 2.27. The molecule has 2 N–H and O–H groups in total. The van der Waals surface area contributed by atoms with Gasteiger partial charge in [-0.2, -0.15) is 0 Å². The first-order valence-electron chi connectivity index (χ1n) is 8.18. The number of aromatic nitrogens is 1. The Kier molecular flexibility index (Phi) is 5.43. The fraction of sp³-hybridized carbons (Fsp3) is 0.500. The fourth-order valence-electron chi connectivity index (χ4n) is 3.15. The number of ether oxygens (including phenoxy) is 1. The van der Waals surface area contributed by atoms with Crippen LogP contribution >= 0.6 is 11.3 Å². The first kappa shape index (κ1) is 16.6. The van der Waals surface area contributed by atoms with Crippen molar-refractivity contribution < 1.29 is 4.74 Å². The minimum Gasteiger partial charge on any atom is -0.381 e. The van der Waals surface area contributed by atoms with Crippen LogP contribution in [-0.4, -0.2) is 42.2 Å². The van der Waals surface area contributed by atoms with Crippen molar-refractivity contribution >= 4 is 11.3 Å². The topological polar surface area (TPSA) is 51.4 Å². The van der Waals surface area contributed by atoms with Crippen LogP contribution in [-0.2, 0) is 11.3 Å². The van der Waals surface area contributed by atoms with E-state index in [4.69, 9.17) is 15.5 Å². The van der Waals surface area contributed by atoms with Crippen molar-refractivity contribution in [1.29, 1.82) is 0 Å². The van der Waals surface area contributed by atoms with Crippen molar-refractivity contribution in [2.45, 2.75) is 38.5 Å². The molecule has 124 valence electrons. The summed E-state index contributed by atoms with van der Waals surface area (Å²) in [4.78, 5) is 7.26. The molecule has 1 saturated heterocycles. The average Bonchev–Trinajstić information content (AvgIpc) is 3.04. The number of thiazole rings is 1. The summed E-state index contributed by atoms with van der Waals surface area (Å²) >= 11 is 1.72. The first-order chi connectivity index (χ1) is 11.2. The van der Waals surface area contributed by atoms with Crippen LogP contribution in [0.3, 0.4) is 0 Å². The minimum absolute atomic E-state index is 0.346. The second-order valence-corrected chi connectivity index (χ2v) is 7.11. The maximum Gasteiger partial charge on any atom is 0.123 e. The SMILES string of the molecule is COC1CCN(Cc2csc(-c3ccc(C)cc3)n2)C(CN)C1. The number of likely N-dealkylation sites (tertiary alicyclic amines) is 1. The molecule has 3 rings (SSSR count). The highest BCUT2D eigenvalue weighted by Crippen LogP contribution is 2.26. The maximum atomic E-state index is 5.96. The summed E-state index contributed by atoms with van der Waals surface area (Å²) < 4.78 is 5.50. The number of hydrogen-bond acceptors (Lipinski definition) is 5. The van der Waals surface area contributed by atoms with Crippen molar-refractivity contribution in [2.24, 2.45) is 5.73 Å². The average molecular weight is 331 g/mol. The Hall–Kier alpha value is -1.27. The summed E-state index contributed by atoms with van der Waals surface area (Å²) in [6.45, 7) is 4.68. The van der Waals surface area contributed by atoms with E-state index in [1.54, 1.807) is 18.4 Å². The van der Waals surface area contributed by atoms with E-state index in [0.29, 0.717) is 18.7 Å². The standard InChI is InChI=1S/C18H25N3OS/c1-13-3-5-14(6-4-13)18-20-15(12-23-18)11-21-8-7-17(22-2)9-16(21)10-19/h3-6,12,16-17H,7-11,19H2,1-2H3. The van der Waals surface area contributed by atoms with E-state index in [-0.39, 0.29) is 0 Å². The summed E-state index contributed by atoms with van der Waals surface area (Å²) in [6.07, 6.45) is 2.43. The zero-order valence-electron chi connectivity index (χ0n) is 13.9. The van der Waals surface area contributed by atoms with Crippen molar-refractivity contribution in [2.75, 3.05) is 20.2 Å². The lowest BCUT2D eigenvalue weighted by atomic mass is 9.99. The van der Waals surface area contributed by atoms with Gasteiger partial charge in [-0.15, -0.1) is 11.3 Å². The smallest absolute Gasteiger partial charge is 0.123 e. The predicted octanol–water partition coefficient (Wildman–Crippen LogP) is 3.06. The predicted molar refractivity (Wildman–Crippen MR) is 95.6 cm³/mol. The third-order valence-corrected chi connectivity index (χ3v) is 5.55. The second-order valence-electron chi connectivity index (χ2n) is 6.25. The molecule has 2 aromatic rings. The zero-order chi connectivity index (χ0) is 16.2. The Bertz CT molecular complexity index is 625. The van der Waals surface area contributed by atoms with Gasteiger partial charge in [0.25, 0.3) is 0 Å². The summed E-state index contributed by atoms with van der Waals surface area (Å²) in [6, 6.07) is 8.94. The van der Waals surface area contributed by atoms with Gasteiger partial charge in [0.2, 0.25) is 0 Å². The fourth-order valence-corrected chi connectivity index (χ4v) is 3.96. The third-order valence-electron chi connectivity index (χ3n) is 4.61. The summed E-state index contributed by atoms with van der Waals surface area (Å²) in [7, 11) is 1.79. The third kappa shape index (κ3) is 3.98. The van der Waals surface area contributed by atoms with Crippen LogP contribution in [0, 0.1) is 6.92 Å². The van der Waals surface area contributed by atoms with Gasteiger partial charge in [0.05, 0.1) is 11.8 Å². The van der Waals surface area contributed by atoms with Gasteiger partial charge in [0, 0.05) is 43.7 Å². The lowest BCUT2D eigenvalue weighted by molar-refractivity contribution is 0.00985. The maximum absolute atomic E-state index is 5.96. The minimum atomic E-state index is 0.346. The molecule has 1 fully saturated rings. The van der Waals surface area contributed by atoms with Gasteiger partial charge >= 0.3 is 0 Å². The zero-order valence-corrected chi connectivity index (χ0v) is 14.7. The summed E-state index contributed by atoms with van der Waals surface area (Å²) in [5.41, 5.74) is 9.57. The molecular formula is C18H25N3OS. The molecule has 1 aliphatic heterocycles. The van der Waals surface area contributed by atoms with Crippen LogP contribution in [0.2, 0.25) is 0 Å². The molecule has 2 heterocycles. The lowest BCUT2D eigenvalue weighted by Crippen LogP contribution is -2.48. The number of piperidine rings is 1. The molecule has 0 bridgehead atoms. The lowest BCUT2D eigenvalue weighted by Gasteiger charge is -2.38. The van der Waals surface area contributed by atoms with E-state index in [0.717, 1.165) is 36.6 Å². The first-order valence-corrected chi connectivity index (χ1v) is 9.06. The number of nitrogens with two attached hydrogens (primary N) is 1. The Balaban J connectivity index is 1.67. The molecule has 0 amide bonds. The van der Waals surface area contributed by atoms with Crippen LogP contribution in [0.25, 0.3) is 10.6 Å². The molecule has 1 aromatic heterocycles. The summed E-state index contributed by atoms with van der Waals surface area (Å²) in [5, 5.41) is 3.27. The molecule has 23 heavy (non-hydrogen) atoms. The van der Waals surface area contributed by atoms with Gasteiger partial charge in [0.1, 0.15) is 5.01 Å². The molecule has 0 aliphatic carbocycles. The van der Waals surface area contributed by atoms with Crippen LogP contribution in [0.15, 0.2) is 29.6 Å². The number of aryl methyl sites for hydroxylation is 1. The molecule has 4 nitrogen and oxygen atoms in total. The van der Waals surface area contributed by atoms with Crippen LogP contribution in [0.4, 0.5) is 0 Å². The number of hydrogen-bond donors (Lipinski definition) is 1. The van der Waals surface area contributed by atoms with Crippen molar-refractivity contribution in [1.82, 2.24) is 9.88 Å². The molecule has 0 radical (unpaired) electrons. The molecule has 1 aliphatic rings. The Morgan fingerprint density at radius 3 is 2.83 bits per heavy atom. The van der Waals surface area contributed by atoms with E-state index in [1.807, 2.05) is 0 Å². The molecule has 2 atom stereocenters. The van der Waals surface area contributed by atoms with Crippen molar-refractivity contribution in [3.8, 4) is 10.6 Å². The summed E-state index contributed by atoms with van der Waals surface area (Å²) in [5.74, 6) is 0. The highest BCUT2D eigenvalue weighted by molar-refractivity contribution is 7.13. The van der Waals surface area contributed by atoms with Crippen molar-refractivity contribution in [3.63, 3.8) is 0 Å². The molecular weight excluding hydrogens is 306 g/mol. The van der Waals surface area contributed by atoms with Gasteiger partial charge in [-0.05, 0) is 19.8 Å². The molecule has 0 saturated carbocycles.